The first-order chi connectivity index (χ1) is 10.1. The molecule has 3 N–H and O–H groups in total. The standard InChI is InChI=1S/C14H16ClN5O/c15-13-11(6-10(16)7-17-13)14(21)20-5-1-2-9(8-20)12-3-4-18-19-12/h3-4,6-7,9H,1-2,5,8,16H2,(H,18,19). The minimum absolute atomic E-state index is 0.121. The topological polar surface area (TPSA) is 87.9 Å². The van der Waals surface area contributed by atoms with Crippen molar-refractivity contribution in [2.75, 3.05) is 18.8 Å². The number of hydrogen-bond acceptors (Lipinski definition) is 4. The number of carbonyl (C=O) groups excluding carboxylic acids is 1. The van der Waals surface area contributed by atoms with Gasteiger partial charge in [-0.3, -0.25) is 9.89 Å². The molecular formula is C14H16ClN5O. The molecule has 0 aliphatic carbocycles. The van der Waals surface area contributed by atoms with Crippen LogP contribution in [0.25, 0.3) is 0 Å². The maximum atomic E-state index is 12.6. The Balaban J connectivity index is 1.79. The lowest BCUT2D eigenvalue weighted by molar-refractivity contribution is 0.0705. The SMILES string of the molecule is Nc1cnc(Cl)c(C(=O)N2CCCC(c3ccn[nH]3)C2)c1. The zero-order valence-electron chi connectivity index (χ0n) is 11.4. The number of nitrogens with two attached hydrogens (primary N) is 1. The van der Waals surface area contributed by atoms with Gasteiger partial charge in [-0.15, -0.1) is 0 Å². The molecule has 3 rings (SSSR count). The van der Waals surface area contributed by atoms with Crippen LogP contribution in [0, 0.1) is 0 Å². The lowest BCUT2D eigenvalue weighted by Gasteiger charge is -2.32. The Labute approximate surface area is 127 Å². The van der Waals surface area contributed by atoms with Gasteiger partial charge in [0.15, 0.2) is 0 Å². The molecule has 0 radical (unpaired) electrons. The third kappa shape index (κ3) is 2.85. The first-order valence-corrected chi connectivity index (χ1v) is 7.22. The largest absolute Gasteiger partial charge is 0.397 e. The quantitative estimate of drug-likeness (QED) is 0.831. The predicted octanol–water partition coefficient (Wildman–Crippen LogP) is 2.06. The van der Waals surface area contributed by atoms with Crippen LogP contribution in [0.2, 0.25) is 5.15 Å². The van der Waals surface area contributed by atoms with Crippen molar-refractivity contribution in [3.05, 3.63) is 40.9 Å². The fraction of sp³-hybridized carbons (Fsp3) is 0.357. The fourth-order valence-corrected chi connectivity index (χ4v) is 2.88. The van der Waals surface area contributed by atoms with Crippen molar-refractivity contribution in [1.82, 2.24) is 20.1 Å². The van der Waals surface area contributed by atoms with Gasteiger partial charge in [-0.05, 0) is 25.0 Å². The number of halogens is 1. The number of piperidine rings is 1. The second-order valence-electron chi connectivity index (χ2n) is 5.21. The molecule has 1 unspecified atom stereocenters. The van der Waals surface area contributed by atoms with Crippen molar-refractivity contribution in [3.8, 4) is 0 Å². The Morgan fingerprint density at radius 3 is 3.14 bits per heavy atom. The third-order valence-electron chi connectivity index (χ3n) is 3.76. The number of rotatable bonds is 2. The van der Waals surface area contributed by atoms with Gasteiger partial charge in [-0.1, -0.05) is 11.6 Å². The summed E-state index contributed by atoms with van der Waals surface area (Å²) < 4.78 is 0. The molecule has 3 heterocycles. The average molecular weight is 306 g/mol. The molecule has 110 valence electrons. The van der Waals surface area contributed by atoms with Crippen molar-refractivity contribution >= 4 is 23.2 Å². The van der Waals surface area contributed by atoms with E-state index in [4.69, 9.17) is 17.3 Å². The first kappa shape index (κ1) is 13.9. The van der Waals surface area contributed by atoms with Crippen molar-refractivity contribution in [2.45, 2.75) is 18.8 Å². The van der Waals surface area contributed by atoms with Crippen LogP contribution in [-0.2, 0) is 0 Å². The molecule has 0 saturated carbocycles. The highest BCUT2D eigenvalue weighted by molar-refractivity contribution is 6.32. The van der Waals surface area contributed by atoms with Crippen LogP contribution in [0.5, 0.6) is 0 Å². The summed E-state index contributed by atoms with van der Waals surface area (Å²) in [6.07, 6.45) is 5.16. The highest BCUT2D eigenvalue weighted by atomic mass is 35.5. The molecule has 1 saturated heterocycles. The number of hydrogen-bond donors (Lipinski definition) is 2. The van der Waals surface area contributed by atoms with Gasteiger partial charge in [0.25, 0.3) is 5.91 Å². The van der Waals surface area contributed by atoms with Gasteiger partial charge in [0.05, 0.1) is 17.4 Å². The van der Waals surface area contributed by atoms with Gasteiger partial charge < -0.3 is 10.6 Å². The second kappa shape index (κ2) is 5.73. The van der Waals surface area contributed by atoms with E-state index in [0.717, 1.165) is 18.5 Å². The van der Waals surface area contributed by atoms with Crippen LogP contribution >= 0.6 is 11.6 Å². The van der Waals surface area contributed by atoms with Crippen LogP contribution in [0.4, 0.5) is 5.69 Å². The van der Waals surface area contributed by atoms with E-state index >= 15 is 0 Å². The zero-order valence-corrected chi connectivity index (χ0v) is 12.2. The van der Waals surface area contributed by atoms with E-state index in [1.165, 1.54) is 6.20 Å². The van der Waals surface area contributed by atoms with Gasteiger partial charge in [-0.25, -0.2) is 4.98 Å². The molecule has 1 aliphatic rings. The van der Waals surface area contributed by atoms with Crippen LogP contribution < -0.4 is 5.73 Å². The summed E-state index contributed by atoms with van der Waals surface area (Å²) in [5, 5.41) is 7.15. The van der Waals surface area contributed by atoms with Crippen molar-refractivity contribution in [1.29, 1.82) is 0 Å². The molecule has 1 aliphatic heterocycles. The molecule has 6 nitrogen and oxygen atoms in total. The Morgan fingerprint density at radius 1 is 1.52 bits per heavy atom. The molecule has 0 bridgehead atoms. The number of likely N-dealkylation sites (tertiary alicyclic amines) is 1. The number of nitrogens with one attached hydrogen (secondary N) is 1. The van der Waals surface area contributed by atoms with E-state index in [2.05, 4.69) is 15.2 Å². The van der Waals surface area contributed by atoms with Gasteiger partial charge in [0.1, 0.15) is 5.15 Å². The average Bonchev–Trinajstić information content (AvgIpc) is 3.03. The lowest BCUT2D eigenvalue weighted by atomic mass is 9.94. The van der Waals surface area contributed by atoms with E-state index in [-0.39, 0.29) is 17.0 Å². The Kier molecular flexibility index (Phi) is 3.79. The van der Waals surface area contributed by atoms with Crippen LogP contribution in [0.3, 0.4) is 0 Å². The monoisotopic (exact) mass is 305 g/mol. The molecule has 1 fully saturated rings. The molecule has 7 heteroatoms. The van der Waals surface area contributed by atoms with Gasteiger partial charge in [0, 0.05) is 30.9 Å². The molecule has 1 atom stereocenters. The summed E-state index contributed by atoms with van der Waals surface area (Å²) in [4.78, 5) is 18.4. The van der Waals surface area contributed by atoms with E-state index in [0.29, 0.717) is 24.3 Å². The minimum atomic E-state index is -0.121. The Hall–Kier alpha value is -2.08. The summed E-state index contributed by atoms with van der Waals surface area (Å²) in [5.74, 6) is 0.155. The molecule has 0 aromatic carbocycles. The minimum Gasteiger partial charge on any atom is -0.397 e. The van der Waals surface area contributed by atoms with Crippen molar-refractivity contribution in [2.24, 2.45) is 0 Å². The summed E-state index contributed by atoms with van der Waals surface area (Å²) in [6.45, 7) is 1.36. The van der Waals surface area contributed by atoms with Crippen molar-refractivity contribution in [3.63, 3.8) is 0 Å². The van der Waals surface area contributed by atoms with E-state index in [9.17, 15) is 4.79 Å². The Bertz CT molecular complexity index is 643. The highest BCUT2D eigenvalue weighted by Crippen LogP contribution is 2.27. The number of nitrogens with zero attached hydrogens (tertiary/aromatic N) is 3. The molecule has 1 amide bonds. The van der Waals surface area contributed by atoms with E-state index in [1.54, 1.807) is 17.2 Å². The number of H-pyrrole nitrogens is 1. The number of anilines is 1. The molecule has 2 aromatic rings. The summed E-state index contributed by atoms with van der Waals surface area (Å²) >= 11 is 6.02. The normalized spacial score (nSPS) is 18.7. The number of aromatic amines is 1. The van der Waals surface area contributed by atoms with E-state index < -0.39 is 0 Å². The molecular weight excluding hydrogens is 290 g/mol. The second-order valence-corrected chi connectivity index (χ2v) is 5.57. The van der Waals surface area contributed by atoms with Gasteiger partial charge in [0.2, 0.25) is 0 Å². The number of pyridine rings is 1. The number of amides is 1. The maximum absolute atomic E-state index is 12.6. The van der Waals surface area contributed by atoms with Crippen LogP contribution in [-0.4, -0.2) is 39.1 Å². The van der Waals surface area contributed by atoms with Crippen LogP contribution in [0.15, 0.2) is 24.5 Å². The number of nitrogen functional groups attached to an aromatic ring is 1. The van der Waals surface area contributed by atoms with Crippen LogP contribution in [0.1, 0.15) is 34.8 Å². The zero-order chi connectivity index (χ0) is 14.8. The lowest BCUT2D eigenvalue weighted by Crippen LogP contribution is -2.39. The van der Waals surface area contributed by atoms with Gasteiger partial charge >= 0.3 is 0 Å². The fourth-order valence-electron chi connectivity index (χ4n) is 2.69. The molecule has 0 spiro atoms. The molecule has 21 heavy (non-hydrogen) atoms. The number of aromatic nitrogens is 3. The summed E-state index contributed by atoms with van der Waals surface area (Å²) in [5.41, 5.74) is 7.55. The predicted molar refractivity (Wildman–Crippen MR) is 80.1 cm³/mol. The van der Waals surface area contributed by atoms with E-state index in [1.807, 2.05) is 6.07 Å². The summed E-state index contributed by atoms with van der Waals surface area (Å²) in [7, 11) is 0. The third-order valence-corrected chi connectivity index (χ3v) is 4.06. The molecule has 2 aromatic heterocycles. The van der Waals surface area contributed by atoms with Crippen molar-refractivity contribution < 1.29 is 4.79 Å². The smallest absolute Gasteiger partial charge is 0.257 e. The first-order valence-electron chi connectivity index (χ1n) is 6.84. The highest BCUT2D eigenvalue weighted by Gasteiger charge is 2.27. The maximum Gasteiger partial charge on any atom is 0.257 e. The number of carbonyl (C=O) groups is 1. The summed E-state index contributed by atoms with van der Waals surface area (Å²) in [6, 6.07) is 3.53. The van der Waals surface area contributed by atoms with Gasteiger partial charge in [-0.2, -0.15) is 5.10 Å². The Morgan fingerprint density at radius 2 is 2.38 bits per heavy atom.